The first-order chi connectivity index (χ1) is 29.7. The molecule has 0 aliphatic carbocycles. The van der Waals surface area contributed by atoms with Crippen molar-refractivity contribution in [3.8, 4) is 101 Å². The van der Waals surface area contributed by atoms with E-state index in [4.69, 9.17) is 9.97 Å². The molecular formula is C57H36IrN3. The molecule has 3 nitrogen and oxygen atoms in total. The Morgan fingerprint density at radius 2 is 0.689 bits per heavy atom. The molecule has 0 saturated heterocycles. The number of nitrogens with zero attached hydrogens (tertiary/aromatic N) is 3. The molecule has 288 valence electrons. The van der Waals surface area contributed by atoms with E-state index in [1.54, 1.807) is 0 Å². The van der Waals surface area contributed by atoms with E-state index in [2.05, 4.69) is 157 Å². The largest absolute Gasteiger partial charge is 3.00 e. The van der Waals surface area contributed by atoms with Gasteiger partial charge in [-0.15, -0.1) is 102 Å². The number of hydrogen-bond acceptors (Lipinski definition) is 3. The Morgan fingerprint density at radius 3 is 1.07 bits per heavy atom. The van der Waals surface area contributed by atoms with Crippen molar-refractivity contribution in [1.29, 1.82) is 0 Å². The summed E-state index contributed by atoms with van der Waals surface area (Å²) in [4.78, 5) is 14.3. The molecule has 7 aromatic carbocycles. The molecule has 0 saturated carbocycles. The molecule has 0 radical (unpaired) electrons. The van der Waals surface area contributed by atoms with Gasteiger partial charge in [0.1, 0.15) is 0 Å². The number of hydrogen-bond donors (Lipinski definition) is 0. The zero-order valence-electron chi connectivity index (χ0n) is 33.0. The zero-order chi connectivity index (χ0) is 40.1. The first-order valence-electron chi connectivity index (χ1n) is 20.0. The van der Waals surface area contributed by atoms with Crippen LogP contribution < -0.4 is 0 Å². The summed E-state index contributed by atoms with van der Waals surface area (Å²) in [7, 11) is 0. The van der Waals surface area contributed by atoms with E-state index < -0.39 is 0 Å². The molecule has 3 heterocycles. The van der Waals surface area contributed by atoms with Crippen LogP contribution in [-0.2, 0) is 20.1 Å². The second kappa shape index (κ2) is 17.9. The molecule has 0 aliphatic rings. The molecule has 0 amide bonds. The third-order valence-electron chi connectivity index (χ3n) is 10.8. The van der Waals surface area contributed by atoms with Gasteiger partial charge in [0.15, 0.2) is 0 Å². The summed E-state index contributed by atoms with van der Waals surface area (Å²) in [5, 5.41) is 0. The maximum atomic E-state index is 4.89. The van der Waals surface area contributed by atoms with Gasteiger partial charge < -0.3 is 15.0 Å². The number of benzene rings is 7. The van der Waals surface area contributed by atoms with Gasteiger partial charge in [0.25, 0.3) is 0 Å². The molecule has 0 spiro atoms. The zero-order valence-corrected chi connectivity index (χ0v) is 35.4. The molecule has 0 N–H and O–H groups in total. The minimum absolute atomic E-state index is 0. The normalized spacial score (nSPS) is 10.8. The van der Waals surface area contributed by atoms with Gasteiger partial charge >= 0.3 is 20.1 Å². The van der Waals surface area contributed by atoms with E-state index in [-0.39, 0.29) is 20.1 Å². The van der Waals surface area contributed by atoms with Crippen molar-refractivity contribution in [3.05, 3.63) is 237 Å². The van der Waals surface area contributed by atoms with Crippen LogP contribution in [0.3, 0.4) is 0 Å². The molecular weight excluding hydrogens is 919 g/mol. The fourth-order valence-corrected chi connectivity index (χ4v) is 7.86. The average Bonchev–Trinajstić information content (AvgIpc) is 3.35. The SMILES string of the molecule is [Ir+3].[c-]1cc(-c2ccccc2-c2cc(-c3ccccc3-c3ccc(-c4[c-]cccc4)nc3)cc(-c3ccccc3-c3ccc(-c4[c-]cccc4)nc3)c2)ccc1-c1ccccn1. The number of pyridine rings is 3. The van der Waals surface area contributed by atoms with Crippen LogP contribution in [0.5, 0.6) is 0 Å². The van der Waals surface area contributed by atoms with Crippen LogP contribution in [0.15, 0.2) is 219 Å². The summed E-state index contributed by atoms with van der Waals surface area (Å²) in [5.41, 5.74) is 18.8. The molecule has 4 heteroatoms. The Labute approximate surface area is 370 Å². The van der Waals surface area contributed by atoms with Crippen LogP contribution in [0.25, 0.3) is 101 Å². The molecule has 0 unspecified atom stereocenters. The first-order valence-corrected chi connectivity index (χ1v) is 20.0. The van der Waals surface area contributed by atoms with Crippen LogP contribution >= 0.6 is 0 Å². The van der Waals surface area contributed by atoms with Crippen molar-refractivity contribution in [2.75, 3.05) is 0 Å². The second-order valence-corrected chi connectivity index (χ2v) is 14.6. The van der Waals surface area contributed by atoms with Crippen LogP contribution in [0.4, 0.5) is 0 Å². The summed E-state index contributed by atoms with van der Waals surface area (Å²) >= 11 is 0. The van der Waals surface area contributed by atoms with E-state index >= 15 is 0 Å². The Morgan fingerprint density at radius 1 is 0.295 bits per heavy atom. The van der Waals surface area contributed by atoms with Gasteiger partial charge in [-0.3, -0.25) is 0 Å². The van der Waals surface area contributed by atoms with Crippen molar-refractivity contribution in [2.24, 2.45) is 0 Å². The molecule has 0 atom stereocenters. The summed E-state index contributed by atoms with van der Waals surface area (Å²) in [6.07, 6.45) is 5.76. The topological polar surface area (TPSA) is 38.7 Å². The molecule has 0 fully saturated rings. The maximum Gasteiger partial charge on any atom is 3.00 e. The van der Waals surface area contributed by atoms with Crippen molar-refractivity contribution in [1.82, 2.24) is 15.0 Å². The van der Waals surface area contributed by atoms with Crippen LogP contribution in [0.2, 0.25) is 0 Å². The van der Waals surface area contributed by atoms with Gasteiger partial charge in [0.05, 0.1) is 0 Å². The molecule has 0 bridgehead atoms. The molecule has 10 aromatic rings. The van der Waals surface area contributed by atoms with E-state index in [9.17, 15) is 0 Å². The fourth-order valence-electron chi connectivity index (χ4n) is 7.86. The quantitative estimate of drug-likeness (QED) is 0.135. The van der Waals surface area contributed by atoms with Gasteiger partial charge in [-0.2, -0.15) is 0 Å². The third-order valence-corrected chi connectivity index (χ3v) is 10.8. The standard InChI is InChI=1S/C57H36N3.Ir/c1-3-15-41(16-4-1)56-32-30-44(38-59-56)50-20-8-11-23-53(50)47-35-46(52-22-10-7-19-49(52)40-26-28-43(29-27-40)55-25-13-14-34-58-55)36-48(37-47)54-24-12-9-21-51(54)45-31-33-57(60-39-45)42-17-5-2-6-18-42;/h1-15,17,19-28,30-39H;/q-3;+3. The predicted molar refractivity (Wildman–Crippen MR) is 245 cm³/mol. The molecule has 10 rings (SSSR count). The summed E-state index contributed by atoms with van der Waals surface area (Å²) in [5.74, 6) is 0. The Hall–Kier alpha value is -7.36. The summed E-state index contributed by atoms with van der Waals surface area (Å²) in [6, 6.07) is 79.6. The van der Waals surface area contributed by atoms with Gasteiger partial charge in [0.2, 0.25) is 0 Å². The summed E-state index contributed by atoms with van der Waals surface area (Å²) in [6.45, 7) is 0. The monoisotopic (exact) mass is 955 g/mol. The molecule has 0 aliphatic heterocycles. The van der Waals surface area contributed by atoms with Crippen LogP contribution in [0, 0.1) is 18.2 Å². The van der Waals surface area contributed by atoms with Gasteiger partial charge in [-0.1, -0.05) is 120 Å². The Balaban J connectivity index is 0.00000476. The van der Waals surface area contributed by atoms with Crippen molar-refractivity contribution in [3.63, 3.8) is 0 Å². The van der Waals surface area contributed by atoms with Crippen molar-refractivity contribution >= 4 is 0 Å². The first kappa shape index (κ1) is 39.1. The Bertz CT molecular complexity index is 2690. The second-order valence-electron chi connectivity index (χ2n) is 14.6. The van der Waals surface area contributed by atoms with Crippen LogP contribution in [0.1, 0.15) is 0 Å². The van der Waals surface area contributed by atoms with Crippen LogP contribution in [-0.4, -0.2) is 15.0 Å². The third kappa shape index (κ3) is 8.29. The van der Waals surface area contributed by atoms with E-state index in [0.717, 1.165) is 101 Å². The smallest absolute Gasteiger partial charge is 0.305 e. The van der Waals surface area contributed by atoms with E-state index in [1.807, 2.05) is 85.3 Å². The van der Waals surface area contributed by atoms with Crippen molar-refractivity contribution < 1.29 is 20.1 Å². The van der Waals surface area contributed by atoms with Gasteiger partial charge in [-0.05, 0) is 97.0 Å². The van der Waals surface area contributed by atoms with Gasteiger partial charge in [0, 0.05) is 18.6 Å². The number of aromatic nitrogens is 3. The molecule has 3 aromatic heterocycles. The minimum Gasteiger partial charge on any atom is -0.305 e. The van der Waals surface area contributed by atoms with E-state index in [0.29, 0.717) is 0 Å². The maximum absolute atomic E-state index is 4.89. The predicted octanol–water partition coefficient (Wildman–Crippen LogP) is 14.3. The molecule has 61 heavy (non-hydrogen) atoms. The number of rotatable bonds is 9. The van der Waals surface area contributed by atoms with E-state index in [1.165, 1.54) is 0 Å². The summed E-state index contributed by atoms with van der Waals surface area (Å²) < 4.78 is 0. The van der Waals surface area contributed by atoms with Gasteiger partial charge in [-0.25, -0.2) is 0 Å². The fraction of sp³-hybridized carbons (Fsp3) is 0. The van der Waals surface area contributed by atoms with Crippen molar-refractivity contribution in [2.45, 2.75) is 0 Å². The average molecular weight is 955 g/mol. The minimum atomic E-state index is 0. The Kier molecular flexibility index (Phi) is 11.5.